The predicted octanol–water partition coefficient (Wildman–Crippen LogP) is -5.69. The van der Waals surface area contributed by atoms with E-state index in [-0.39, 0.29) is 75.0 Å². The first-order valence-electron chi connectivity index (χ1n) is 23.1. The number of guanidine groups is 1. The van der Waals surface area contributed by atoms with Crippen molar-refractivity contribution in [2.24, 2.45) is 33.8 Å². The summed E-state index contributed by atoms with van der Waals surface area (Å²) in [5, 5.41) is 39.8. The molecule has 0 spiro atoms. The number of imidazole rings is 2. The highest BCUT2D eigenvalue weighted by atomic mass is 32.1. The number of aliphatic hydroxyl groups is 1. The quantitative estimate of drug-likeness (QED) is 0.0134. The maximum atomic E-state index is 14.2. The number of thiol groups is 2. The van der Waals surface area contributed by atoms with E-state index in [0.717, 1.165) is 0 Å². The molecule has 0 saturated carbocycles. The van der Waals surface area contributed by atoms with Crippen LogP contribution in [0.1, 0.15) is 70.7 Å². The van der Waals surface area contributed by atoms with Crippen molar-refractivity contribution in [3.63, 3.8) is 0 Å². The zero-order valence-corrected chi connectivity index (χ0v) is 42.2. The van der Waals surface area contributed by atoms with E-state index < -0.39 is 114 Å². The third-order valence-electron chi connectivity index (χ3n) is 10.6. The fourth-order valence-electron chi connectivity index (χ4n) is 6.67. The van der Waals surface area contributed by atoms with Crippen LogP contribution in [0.5, 0.6) is 0 Å². The lowest BCUT2D eigenvalue weighted by atomic mass is 10.0. The topological polar surface area (TPSA) is 464 Å². The highest BCUT2D eigenvalue weighted by molar-refractivity contribution is 7.80. The monoisotopic (exact) mass is 1050 g/mol. The molecule has 0 bridgehead atoms. The lowest BCUT2D eigenvalue weighted by Crippen LogP contribution is -2.61. The van der Waals surface area contributed by atoms with Crippen LogP contribution in [0.2, 0.25) is 0 Å². The molecule has 0 saturated heterocycles. The van der Waals surface area contributed by atoms with Gasteiger partial charge in [0.1, 0.15) is 48.3 Å². The molecule has 2 rings (SSSR count). The SMILES string of the molecule is CC(C)C[C@H](NC(=O)[C@H](CO)NC(=O)[C@H](C)NC(=O)[C@H](Cc1cnc[nH]1)NC(=O)[C@@H](N)CS)C(=O)N[C@@H](CCCCN)C(=O)N[C@@H](Cc1cnc[nH]1)C(=O)N[C@@H](CCCN=C(N)N)C(=O)N[C@@H](CS)C(=O)O. The minimum atomic E-state index is -1.64. The molecular weight excluding hydrogens is 983 g/mol. The van der Waals surface area contributed by atoms with Crippen molar-refractivity contribution in [3.8, 4) is 0 Å². The number of unbranched alkanes of at least 4 members (excludes halogenated alkanes) is 1. The molecule has 72 heavy (non-hydrogen) atoms. The summed E-state index contributed by atoms with van der Waals surface area (Å²) in [4.78, 5) is 138. The molecule has 0 aliphatic heterocycles. The summed E-state index contributed by atoms with van der Waals surface area (Å²) in [5.41, 5.74) is 23.2. The van der Waals surface area contributed by atoms with E-state index in [2.05, 4.69) is 92.7 Å². The molecule has 20 N–H and O–H groups in total. The number of nitrogens with two attached hydrogens (primary N) is 4. The number of nitrogens with zero attached hydrogens (tertiary/aromatic N) is 3. The van der Waals surface area contributed by atoms with Crippen molar-refractivity contribution in [1.82, 2.24) is 62.5 Å². The Bertz CT molecular complexity index is 2100. The zero-order valence-electron chi connectivity index (χ0n) is 40.4. The summed E-state index contributed by atoms with van der Waals surface area (Å²) in [6.45, 7) is 4.19. The van der Waals surface area contributed by atoms with Gasteiger partial charge in [0, 0.05) is 54.7 Å². The molecule has 30 heteroatoms. The number of carboxylic acids is 1. The van der Waals surface area contributed by atoms with Gasteiger partial charge in [-0.15, -0.1) is 0 Å². The first-order valence-corrected chi connectivity index (χ1v) is 24.3. The predicted molar refractivity (Wildman–Crippen MR) is 268 cm³/mol. The number of aliphatic imine (C=N–C) groups is 1. The van der Waals surface area contributed by atoms with E-state index in [1.165, 1.54) is 32.0 Å². The van der Waals surface area contributed by atoms with E-state index in [0.29, 0.717) is 24.2 Å². The smallest absolute Gasteiger partial charge is 0.327 e. The van der Waals surface area contributed by atoms with Crippen molar-refractivity contribution < 1.29 is 53.4 Å². The molecule has 0 fully saturated rings. The highest BCUT2D eigenvalue weighted by Gasteiger charge is 2.35. The number of nitrogens with one attached hydrogen (secondary N) is 10. The van der Waals surface area contributed by atoms with Crippen molar-refractivity contribution >= 4 is 84.4 Å². The molecule has 0 aliphatic rings. The van der Waals surface area contributed by atoms with Gasteiger partial charge in [-0.3, -0.25) is 43.3 Å². The Labute approximate surface area is 426 Å². The normalized spacial score (nSPS) is 14.8. The fourth-order valence-corrected chi connectivity index (χ4v) is 7.08. The minimum absolute atomic E-state index is 0.0129. The number of aromatic amines is 2. The molecule has 0 aromatic carbocycles. The van der Waals surface area contributed by atoms with Gasteiger partial charge in [-0.1, -0.05) is 13.8 Å². The van der Waals surface area contributed by atoms with Gasteiger partial charge in [-0.25, -0.2) is 14.8 Å². The molecule has 2 heterocycles. The van der Waals surface area contributed by atoms with Gasteiger partial charge >= 0.3 is 5.97 Å². The molecule has 402 valence electrons. The van der Waals surface area contributed by atoms with Crippen LogP contribution >= 0.6 is 25.3 Å². The molecule has 2 aromatic rings. The number of aromatic nitrogens is 4. The third-order valence-corrected chi connectivity index (χ3v) is 11.4. The van der Waals surface area contributed by atoms with Gasteiger partial charge in [-0.05, 0) is 57.9 Å². The highest BCUT2D eigenvalue weighted by Crippen LogP contribution is 2.11. The second-order valence-corrected chi connectivity index (χ2v) is 17.8. The van der Waals surface area contributed by atoms with Crippen LogP contribution in [0.4, 0.5) is 0 Å². The minimum Gasteiger partial charge on any atom is -0.480 e. The Kier molecular flexibility index (Phi) is 27.8. The largest absolute Gasteiger partial charge is 0.480 e. The lowest BCUT2D eigenvalue weighted by molar-refractivity contribution is -0.141. The first kappa shape index (κ1) is 61.6. The number of amides is 8. The van der Waals surface area contributed by atoms with Crippen LogP contribution in [0.3, 0.4) is 0 Å². The summed E-state index contributed by atoms with van der Waals surface area (Å²) >= 11 is 8.00. The Morgan fingerprint density at radius 3 is 1.51 bits per heavy atom. The van der Waals surface area contributed by atoms with Crippen LogP contribution in [-0.2, 0) is 56.0 Å². The summed E-state index contributed by atoms with van der Waals surface area (Å²) in [6.07, 6.45) is 6.21. The van der Waals surface area contributed by atoms with Crippen LogP contribution in [-0.4, -0.2) is 175 Å². The summed E-state index contributed by atoms with van der Waals surface area (Å²) in [5.74, 6) is -8.85. The second kappa shape index (κ2) is 32.5. The number of rotatable bonds is 34. The Morgan fingerprint density at radius 1 is 0.611 bits per heavy atom. The Hall–Kier alpha value is -6.50. The number of aliphatic hydroxyl groups excluding tert-OH is 1. The fraction of sp³-hybridized carbons (Fsp3) is 0.619. The zero-order chi connectivity index (χ0) is 53.9. The van der Waals surface area contributed by atoms with Crippen LogP contribution in [0.15, 0.2) is 30.0 Å². The Morgan fingerprint density at radius 2 is 1.06 bits per heavy atom. The summed E-state index contributed by atoms with van der Waals surface area (Å²) in [6, 6.07) is -12.0. The Balaban J connectivity index is 2.32. The average Bonchev–Trinajstić information content (AvgIpc) is 4.06. The van der Waals surface area contributed by atoms with E-state index in [1.54, 1.807) is 13.8 Å². The van der Waals surface area contributed by atoms with Gasteiger partial charge in [0.15, 0.2) is 5.96 Å². The number of carboxylic acid groups (broad SMARTS) is 1. The van der Waals surface area contributed by atoms with Crippen molar-refractivity contribution in [2.75, 3.05) is 31.2 Å². The van der Waals surface area contributed by atoms with Gasteiger partial charge in [0.25, 0.3) is 0 Å². The van der Waals surface area contributed by atoms with E-state index in [9.17, 15) is 53.4 Å². The molecule has 8 amide bonds. The van der Waals surface area contributed by atoms with Crippen molar-refractivity contribution in [3.05, 3.63) is 36.4 Å². The van der Waals surface area contributed by atoms with Crippen LogP contribution in [0, 0.1) is 5.92 Å². The number of H-pyrrole nitrogens is 2. The van der Waals surface area contributed by atoms with E-state index in [4.69, 9.17) is 22.9 Å². The van der Waals surface area contributed by atoms with E-state index >= 15 is 0 Å². The summed E-state index contributed by atoms with van der Waals surface area (Å²) < 4.78 is 0. The molecule has 9 atom stereocenters. The van der Waals surface area contributed by atoms with Gasteiger partial charge in [0.05, 0.1) is 25.3 Å². The third kappa shape index (κ3) is 22.3. The molecule has 2 aromatic heterocycles. The molecule has 0 aliphatic carbocycles. The first-order chi connectivity index (χ1) is 34.1. The van der Waals surface area contributed by atoms with Gasteiger partial charge in [0.2, 0.25) is 47.3 Å². The number of aliphatic carboxylic acids is 1. The number of carbonyl (C=O) groups excluding carboxylic acids is 8. The second-order valence-electron chi connectivity index (χ2n) is 17.1. The standard InChI is InChI=1S/C42H71N17O11S2/c1-21(2)11-28(56-40(68)31(16-60)58-33(61)22(3)52-37(65)29(12-23-14-47-19-50-23)55-34(62)25(44)17-71)38(66)53-26(7-4-5-9-43)35(63)57-30(13-24-15-48-20-51-24)39(67)54-27(8-6-10-49-42(45)46)36(64)59-32(18-72)41(69)70/h14-15,19-22,25-32,60,71-72H,4-13,16-18,43-44H2,1-3H3,(H,47,50)(H,48,51)(H,52,65)(H,53,66)(H,54,67)(H,55,62)(H,56,68)(H,57,63)(H,58,61)(H,59,64)(H,69,70)(H4,45,46,49)/t22-,25-,26-,27-,28-,29-,30-,31-,32-/m0/s1. The average molecular weight is 1050 g/mol. The lowest BCUT2D eigenvalue weighted by Gasteiger charge is -2.28. The molecule has 0 radical (unpaired) electrons. The molecule has 28 nitrogen and oxygen atoms in total. The van der Waals surface area contributed by atoms with Gasteiger partial charge < -0.3 is 85.6 Å². The van der Waals surface area contributed by atoms with E-state index in [1.807, 2.05) is 0 Å². The molecule has 0 unspecified atom stereocenters. The molecular formula is C42H71N17O11S2. The number of hydrogen-bond acceptors (Lipinski definition) is 17. The van der Waals surface area contributed by atoms with Crippen molar-refractivity contribution in [2.45, 2.75) is 127 Å². The maximum absolute atomic E-state index is 14.2. The van der Waals surface area contributed by atoms with Crippen molar-refractivity contribution in [1.29, 1.82) is 0 Å². The number of hydrogen-bond donors (Lipinski definition) is 18. The van der Waals surface area contributed by atoms with Crippen LogP contribution in [0.25, 0.3) is 0 Å². The van der Waals surface area contributed by atoms with Gasteiger partial charge in [-0.2, -0.15) is 25.3 Å². The maximum Gasteiger partial charge on any atom is 0.327 e. The van der Waals surface area contributed by atoms with Crippen LogP contribution < -0.4 is 65.5 Å². The number of carbonyl (C=O) groups is 9. The summed E-state index contributed by atoms with van der Waals surface area (Å²) in [7, 11) is 0.